The first-order chi connectivity index (χ1) is 7.09. The summed E-state index contributed by atoms with van der Waals surface area (Å²) in [4.78, 5) is 8.63. The third kappa shape index (κ3) is 4.25. The second-order valence-electron chi connectivity index (χ2n) is 3.99. The van der Waals surface area contributed by atoms with Crippen LogP contribution in [0.3, 0.4) is 0 Å². The van der Waals surface area contributed by atoms with Crippen molar-refractivity contribution >= 4 is 5.82 Å². The summed E-state index contributed by atoms with van der Waals surface area (Å²) in [6.07, 6.45) is 3.88. The Bertz CT molecular complexity index is 309. The zero-order valence-electron chi connectivity index (χ0n) is 9.75. The van der Waals surface area contributed by atoms with Crippen molar-refractivity contribution in [3.8, 4) is 0 Å². The van der Waals surface area contributed by atoms with E-state index in [2.05, 4.69) is 15.3 Å². The Morgan fingerprint density at radius 2 is 2.20 bits per heavy atom. The number of aromatic nitrogens is 2. The molecule has 1 aromatic heterocycles. The number of aryl methyl sites for hydroxylation is 2. The number of nitrogens with one attached hydrogen (secondary N) is 1. The maximum absolute atomic E-state index is 5.67. The minimum Gasteiger partial charge on any atom is -0.369 e. The number of nitrogens with two attached hydrogens (primary N) is 1. The summed E-state index contributed by atoms with van der Waals surface area (Å²) < 4.78 is 0. The molecule has 0 aliphatic carbocycles. The summed E-state index contributed by atoms with van der Waals surface area (Å²) in [5.41, 5.74) is 7.56. The van der Waals surface area contributed by atoms with Crippen molar-refractivity contribution in [1.82, 2.24) is 9.97 Å². The standard InChI is InChI=1S/C11H20N4/c1-8(12)5-4-6-13-11-10(3)14-7-9(2)15-11/h7-8H,4-6,12H2,1-3H3,(H,13,15). The fraction of sp³-hybridized carbons (Fsp3) is 0.636. The molecule has 1 rings (SSSR count). The van der Waals surface area contributed by atoms with Gasteiger partial charge in [0.25, 0.3) is 0 Å². The average Bonchev–Trinajstić information content (AvgIpc) is 2.17. The Morgan fingerprint density at radius 1 is 1.47 bits per heavy atom. The molecule has 0 bridgehead atoms. The van der Waals surface area contributed by atoms with Crippen molar-refractivity contribution in [3.63, 3.8) is 0 Å². The van der Waals surface area contributed by atoms with Crippen molar-refractivity contribution < 1.29 is 0 Å². The van der Waals surface area contributed by atoms with Gasteiger partial charge in [-0.25, -0.2) is 4.98 Å². The van der Waals surface area contributed by atoms with Crippen LogP contribution in [-0.4, -0.2) is 22.6 Å². The second kappa shape index (κ2) is 5.66. The normalized spacial score (nSPS) is 12.5. The number of anilines is 1. The van der Waals surface area contributed by atoms with Crippen LogP contribution in [-0.2, 0) is 0 Å². The molecule has 3 N–H and O–H groups in total. The molecule has 0 spiro atoms. The van der Waals surface area contributed by atoms with Gasteiger partial charge in [0.15, 0.2) is 0 Å². The van der Waals surface area contributed by atoms with Gasteiger partial charge in [-0.05, 0) is 33.6 Å². The molecule has 1 aromatic rings. The van der Waals surface area contributed by atoms with Crippen LogP contribution in [0.2, 0.25) is 0 Å². The van der Waals surface area contributed by atoms with E-state index < -0.39 is 0 Å². The monoisotopic (exact) mass is 208 g/mol. The van der Waals surface area contributed by atoms with Gasteiger partial charge in [-0.1, -0.05) is 0 Å². The smallest absolute Gasteiger partial charge is 0.147 e. The molecule has 4 heteroatoms. The SMILES string of the molecule is Cc1cnc(C)c(NCCCC(C)N)n1. The lowest BCUT2D eigenvalue weighted by Gasteiger charge is -2.09. The maximum atomic E-state index is 5.67. The van der Waals surface area contributed by atoms with Gasteiger partial charge in [0, 0.05) is 18.8 Å². The summed E-state index contributed by atoms with van der Waals surface area (Å²) in [6, 6.07) is 0.275. The van der Waals surface area contributed by atoms with Gasteiger partial charge in [-0.2, -0.15) is 0 Å². The highest BCUT2D eigenvalue weighted by Crippen LogP contribution is 2.08. The van der Waals surface area contributed by atoms with Gasteiger partial charge >= 0.3 is 0 Å². The molecule has 0 fully saturated rings. The first kappa shape index (κ1) is 11.9. The Morgan fingerprint density at radius 3 is 2.87 bits per heavy atom. The molecular weight excluding hydrogens is 188 g/mol. The molecule has 0 saturated carbocycles. The predicted octanol–water partition coefficient (Wildman–Crippen LogP) is 1.63. The molecule has 0 radical (unpaired) electrons. The Hall–Kier alpha value is -1.16. The van der Waals surface area contributed by atoms with E-state index in [1.165, 1.54) is 0 Å². The van der Waals surface area contributed by atoms with Crippen LogP contribution < -0.4 is 11.1 Å². The van der Waals surface area contributed by atoms with Crippen LogP contribution in [0.15, 0.2) is 6.20 Å². The molecule has 0 saturated heterocycles. The van der Waals surface area contributed by atoms with Gasteiger partial charge in [0.1, 0.15) is 5.82 Å². The van der Waals surface area contributed by atoms with Crippen molar-refractivity contribution in [2.45, 2.75) is 39.7 Å². The fourth-order valence-corrected chi connectivity index (χ4v) is 1.34. The summed E-state index contributed by atoms with van der Waals surface area (Å²) in [5, 5.41) is 3.28. The molecule has 84 valence electrons. The highest BCUT2D eigenvalue weighted by molar-refractivity contribution is 5.39. The van der Waals surface area contributed by atoms with Crippen molar-refractivity contribution in [2.24, 2.45) is 5.73 Å². The minimum atomic E-state index is 0.275. The van der Waals surface area contributed by atoms with E-state index in [4.69, 9.17) is 5.73 Å². The maximum Gasteiger partial charge on any atom is 0.147 e. The first-order valence-corrected chi connectivity index (χ1v) is 5.39. The Balaban J connectivity index is 2.40. The van der Waals surface area contributed by atoms with Crippen LogP contribution in [0, 0.1) is 13.8 Å². The van der Waals surface area contributed by atoms with Crippen molar-refractivity contribution in [1.29, 1.82) is 0 Å². The molecule has 0 amide bonds. The van der Waals surface area contributed by atoms with Crippen molar-refractivity contribution in [3.05, 3.63) is 17.6 Å². The fourth-order valence-electron chi connectivity index (χ4n) is 1.34. The van der Waals surface area contributed by atoms with E-state index in [1.54, 1.807) is 6.20 Å². The molecule has 15 heavy (non-hydrogen) atoms. The minimum absolute atomic E-state index is 0.275. The van der Waals surface area contributed by atoms with E-state index in [9.17, 15) is 0 Å². The number of hydrogen-bond acceptors (Lipinski definition) is 4. The third-order valence-corrected chi connectivity index (χ3v) is 2.20. The molecule has 1 heterocycles. The van der Waals surface area contributed by atoms with Crippen LogP contribution in [0.5, 0.6) is 0 Å². The summed E-state index contributed by atoms with van der Waals surface area (Å²) >= 11 is 0. The molecule has 0 aromatic carbocycles. The van der Waals surface area contributed by atoms with Crippen LogP contribution in [0.1, 0.15) is 31.2 Å². The van der Waals surface area contributed by atoms with E-state index in [0.717, 1.165) is 36.6 Å². The first-order valence-electron chi connectivity index (χ1n) is 5.39. The molecule has 0 aliphatic rings. The van der Waals surface area contributed by atoms with Gasteiger partial charge < -0.3 is 11.1 Å². The van der Waals surface area contributed by atoms with Gasteiger partial charge in [0.05, 0.1) is 11.4 Å². The molecule has 1 atom stereocenters. The largest absolute Gasteiger partial charge is 0.369 e. The second-order valence-corrected chi connectivity index (χ2v) is 3.99. The quantitative estimate of drug-likeness (QED) is 0.722. The molecule has 1 unspecified atom stereocenters. The topological polar surface area (TPSA) is 63.8 Å². The van der Waals surface area contributed by atoms with E-state index in [-0.39, 0.29) is 6.04 Å². The summed E-state index contributed by atoms with van der Waals surface area (Å²) in [6.45, 7) is 6.83. The Labute approximate surface area is 91.3 Å². The van der Waals surface area contributed by atoms with E-state index >= 15 is 0 Å². The molecular formula is C11H20N4. The lowest BCUT2D eigenvalue weighted by atomic mass is 10.2. The average molecular weight is 208 g/mol. The zero-order chi connectivity index (χ0) is 11.3. The third-order valence-electron chi connectivity index (χ3n) is 2.20. The highest BCUT2D eigenvalue weighted by atomic mass is 15.0. The van der Waals surface area contributed by atoms with Crippen LogP contribution in [0.25, 0.3) is 0 Å². The van der Waals surface area contributed by atoms with Crippen molar-refractivity contribution in [2.75, 3.05) is 11.9 Å². The highest BCUT2D eigenvalue weighted by Gasteiger charge is 2.01. The van der Waals surface area contributed by atoms with Gasteiger partial charge in [0.2, 0.25) is 0 Å². The molecule has 0 aliphatic heterocycles. The number of nitrogens with zero attached hydrogens (tertiary/aromatic N) is 2. The van der Waals surface area contributed by atoms with E-state index in [0.29, 0.717) is 0 Å². The summed E-state index contributed by atoms with van der Waals surface area (Å²) in [5.74, 6) is 0.889. The predicted molar refractivity (Wildman–Crippen MR) is 62.9 cm³/mol. The summed E-state index contributed by atoms with van der Waals surface area (Å²) in [7, 11) is 0. The lowest BCUT2D eigenvalue weighted by Crippen LogP contribution is -2.16. The Kier molecular flexibility index (Phi) is 4.49. The van der Waals surface area contributed by atoms with E-state index in [1.807, 2.05) is 20.8 Å². The van der Waals surface area contributed by atoms with Gasteiger partial charge in [-0.3, -0.25) is 4.98 Å². The number of rotatable bonds is 5. The zero-order valence-corrected chi connectivity index (χ0v) is 9.75. The number of hydrogen-bond donors (Lipinski definition) is 2. The molecule has 4 nitrogen and oxygen atoms in total. The van der Waals surface area contributed by atoms with Crippen LogP contribution >= 0.6 is 0 Å². The lowest BCUT2D eigenvalue weighted by molar-refractivity contribution is 0.638. The van der Waals surface area contributed by atoms with Gasteiger partial charge in [-0.15, -0.1) is 0 Å². The van der Waals surface area contributed by atoms with Crippen LogP contribution in [0.4, 0.5) is 5.82 Å².